The lowest BCUT2D eigenvalue weighted by atomic mass is 10.1. The second-order valence-corrected chi connectivity index (χ2v) is 5.86. The van der Waals surface area contributed by atoms with Crippen molar-refractivity contribution in [1.82, 2.24) is 4.98 Å². The minimum absolute atomic E-state index is 0.307. The first kappa shape index (κ1) is 15.5. The Hall–Kier alpha value is -2.40. The Balaban J connectivity index is 1.86. The van der Waals surface area contributed by atoms with Crippen molar-refractivity contribution in [3.8, 4) is 0 Å². The minimum Gasteiger partial charge on any atom is -0.462 e. The predicted octanol–water partition coefficient (Wildman–Crippen LogP) is 4.92. The molecule has 2 aromatic carbocycles. The molecule has 0 saturated carbocycles. The zero-order valence-corrected chi connectivity index (χ0v) is 14.1. The first-order valence-corrected chi connectivity index (χ1v) is 8.05. The van der Waals surface area contributed by atoms with Crippen molar-refractivity contribution in [2.75, 3.05) is 11.9 Å². The number of esters is 1. The molecular formula is C18H15BrN2O2. The van der Waals surface area contributed by atoms with Gasteiger partial charge in [0.1, 0.15) is 0 Å². The summed E-state index contributed by atoms with van der Waals surface area (Å²) in [6.45, 7) is 2.16. The molecular weight excluding hydrogens is 356 g/mol. The fourth-order valence-corrected chi connectivity index (χ4v) is 2.64. The molecule has 23 heavy (non-hydrogen) atoms. The van der Waals surface area contributed by atoms with E-state index in [2.05, 4.69) is 26.2 Å². The first-order chi connectivity index (χ1) is 11.2. The maximum Gasteiger partial charge on any atom is 0.338 e. The zero-order chi connectivity index (χ0) is 16.2. The van der Waals surface area contributed by atoms with Gasteiger partial charge < -0.3 is 10.1 Å². The first-order valence-electron chi connectivity index (χ1n) is 7.26. The molecule has 0 atom stereocenters. The second kappa shape index (κ2) is 6.79. The van der Waals surface area contributed by atoms with Gasteiger partial charge in [-0.2, -0.15) is 0 Å². The van der Waals surface area contributed by atoms with Gasteiger partial charge in [-0.3, -0.25) is 4.98 Å². The van der Waals surface area contributed by atoms with E-state index in [9.17, 15) is 4.79 Å². The van der Waals surface area contributed by atoms with E-state index in [1.54, 1.807) is 25.3 Å². The van der Waals surface area contributed by atoms with Crippen LogP contribution in [0.3, 0.4) is 0 Å². The van der Waals surface area contributed by atoms with Gasteiger partial charge in [-0.15, -0.1) is 0 Å². The van der Waals surface area contributed by atoms with E-state index in [1.165, 1.54) is 0 Å². The van der Waals surface area contributed by atoms with Gasteiger partial charge in [-0.05, 0) is 55.5 Å². The molecule has 0 aliphatic carbocycles. The molecule has 0 spiro atoms. The number of fused-ring (bicyclic) bond motifs is 1. The van der Waals surface area contributed by atoms with E-state index in [1.807, 2.05) is 36.4 Å². The van der Waals surface area contributed by atoms with E-state index >= 15 is 0 Å². The number of aromatic nitrogens is 1. The number of anilines is 2. The highest BCUT2D eigenvalue weighted by atomic mass is 79.9. The van der Waals surface area contributed by atoms with Crippen molar-refractivity contribution < 1.29 is 9.53 Å². The second-order valence-electron chi connectivity index (χ2n) is 4.94. The number of pyridine rings is 1. The van der Waals surface area contributed by atoms with Crippen LogP contribution in [0.25, 0.3) is 10.9 Å². The van der Waals surface area contributed by atoms with Gasteiger partial charge in [0.05, 0.1) is 17.7 Å². The Morgan fingerprint density at radius 2 is 1.96 bits per heavy atom. The summed E-state index contributed by atoms with van der Waals surface area (Å²) < 4.78 is 5.98. The molecule has 0 fully saturated rings. The van der Waals surface area contributed by atoms with Gasteiger partial charge in [0, 0.05) is 27.4 Å². The smallest absolute Gasteiger partial charge is 0.338 e. The molecule has 1 heterocycles. The molecule has 4 nitrogen and oxygen atoms in total. The molecule has 0 aliphatic heterocycles. The van der Waals surface area contributed by atoms with Gasteiger partial charge in [-0.25, -0.2) is 4.79 Å². The number of hydrogen-bond acceptors (Lipinski definition) is 4. The van der Waals surface area contributed by atoms with E-state index in [4.69, 9.17) is 4.74 Å². The van der Waals surface area contributed by atoms with E-state index in [0.717, 1.165) is 26.8 Å². The van der Waals surface area contributed by atoms with E-state index in [-0.39, 0.29) is 5.97 Å². The Bertz CT molecular complexity index is 847. The summed E-state index contributed by atoms with van der Waals surface area (Å²) >= 11 is 3.45. The molecule has 0 bridgehead atoms. The van der Waals surface area contributed by atoms with Crippen molar-refractivity contribution in [3.63, 3.8) is 0 Å². The molecule has 0 aliphatic rings. The zero-order valence-electron chi connectivity index (χ0n) is 12.5. The monoisotopic (exact) mass is 370 g/mol. The largest absolute Gasteiger partial charge is 0.462 e. The molecule has 5 heteroatoms. The highest BCUT2D eigenvalue weighted by molar-refractivity contribution is 9.10. The van der Waals surface area contributed by atoms with Crippen LogP contribution in [-0.2, 0) is 4.74 Å². The predicted molar refractivity (Wildman–Crippen MR) is 95.1 cm³/mol. The standard InChI is InChI=1S/C18H15BrN2O2/c1-2-23-18(22)12-3-6-14(7-4-12)21-16-9-10-20-17-11-13(19)5-8-15(16)17/h3-11H,2H2,1H3,(H,20,21). The Morgan fingerprint density at radius 3 is 2.70 bits per heavy atom. The van der Waals surface area contributed by atoms with Crippen molar-refractivity contribution in [3.05, 3.63) is 64.8 Å². The summed E-state index contributed by atoms with van der Waals surface area (Å²) in [4.78, 5) is 16.0. The number of carbonyl (C=O) groups excluding carboxylic acids is 1. The van der Waals surface area contributed by atoms with E-state index in [0.29, 0.717) is 12.2 Å². The summed E-state index contributed by atoms with van der Waals surface area (Å²) in [6.07, 6.45) is 1.77. The fraction of sp³-hybridized carbons (Fsp3) is 0.111. The molecule has 0 unspecified atom stereocenters. The van der Waals surface area contributed by atoms with Crippen molar-refractivity contribution in [1.29, 1.82) is 0 Å². The number of benzene rings is 2. The number of halogens is 1. The van der Waals surface area contributed by atoms with Gasteiger partial charge in [0.25, 0.3) is 0 Å². The molecule has 3 aromatic rings. The third-order valence-electron chi connectivity index (χ3n) is 3.38. The van der Waals surface area contributed by atoms with Crippen molar-refractivity contribution >= 4 is 44.2 Å². The van der Waals surface area contributed by atoms with Crippen LogP contribution in [-0.4, -0.2) is 17.6 Å². The normalized spacial score (nSPS) is 10.5. The number of nitrogens with one attached hydrogen (secondary N) is 1. The third-order valence-corrected chi connectivity index (χ3v) is 3.87. The topological polar surface area (TPSA) is 51.2 Å². The Labute approximate surface area is 142 Å². The highest BCUT2D eigenvalue weighted by Crippen LogP contribution is 2.27. The fourth-order valence-electron chi connectivity index (χ4n) is 2.29. The average Bonchev–Trinajstić information content (AvgIpc) is 2.55. The number of carbonyl (C=O) groups is 1. The lowest BCUT2D eigenvalue weighted by molar-refractivity contribution is 0.0526. The lowest BCUT2D eigenvalue weighted by Gasteiger charge is -2.10. The maximum atomic E-state index is 11.7. The number of nitrogens with zero attached hydrogens (tertiary/aromatic N) is 1. The average molecular weight is 371 g/mol. The highest BCUT2D eigenvalue weighted by Gasteiger charge is 2.07. The van der Waals surface area contributed by atoms with E-state index < -0.39 is 0 Å². The van der Waals surface area contributed by atoms with Crippen molar-refractivity contribution in [2.24, 2.45) is 0 Å². The minimum atomic E-state index is -0.307. The van der Waals surface area contributed by atoms with Crippen LogP contribution >= 0.6 is 15.9 Å². The number of hydrogen-bond donors (Lipinski definition) is 1. The van der Waals surface area contributed by atoms with Crippen molar-refractivity contribution in [2.45, 2.75) is 6.92 Å². The summed E-state index contributed by atoms with van der Waals surface area (Å²) in [7, 11) is 0. The molecule has 0 amide bonds. The molecule has 0 saturated heterocycles. The van der Waals surface area contributed by atoms with Gasteiger partial charge in [0.2, 0.25) is 0 Å². The maximum absolute atomic E-state index is 11.7. The van der Waals surface area contributed by atoms with Crippen LogP contribution in [0.4, 0.5) is 11.4 Å². The summed E-state index contributed by atoms with van der Waals surface area (Å²) in [5.41, 5.74) is 3.31. The SMILES string of the molecule is CCOC(=O)c1ccc(Nc2ccnc3cc(Br)ccc23)cc1. The molecule has 0 radical (unpaired) electrons. The summed E-state index contributed by atoms with van der Waals surface area (Å²) in [6, 6.07) is 15.1. The van der Waals surface area contributed by atoms with Crippen LogP contribution in [0, 0.1) is 0 Å². The van der Waals surface area contributed by atoms with Crippen LogP contribution < -0.4 is 5.32 Å². The quantitative estimate of drug-likeness (QED) is 0.662. The molecule has 3 rings (SSSR count). The number of ether oxygens (including phenoxy) is 1. The Morgan fingerprint density at radius 1 is 1.17 bits per heavy atom. The van der Waals surface area contributed by atoms with Crippen LogP contribution in [0.1, 0.15) is 17.3 Å². The number of rotatable bonds is 4. The van der Waals surface area contributed by atoms with Crippen LogP contribution in [0.15, 0.2) is 59.2 Å². The van der Waals surface area contributed by atoms with Crippen LogP contribution in [0.5, 0.6) is 0 Å². The summed E-state index contributed by atoms with van der Waals surface area (Å²) in [5, 5.41) is 4.39. The van der Waals surface area contributed by atoms with Gasteiger partial charge in [0.15, 0.2) is 0 Å². The Kier molecular flexibility index (Phi) is 4.57. The van der Waals surface area contributed by atoms with Gasteiger partial charge in [-0.1, -0.05) is 15.9 Å². The molecule has 1 N–H and O–H groups in total. The molecule has 116 valence electrons. The summed E-state index contributed by atoms with van der Waals surface area (Å²) in [5.74, 6) is -0.307. The van der Waals surface area contributed by atoms with Crippen LogP contribution in [0.2, 0.25) is 0 Å². The lowest BCUT2D eigenvalue weighted by Crippen LogP contribution is -2.04. The molecule has 1 aromatic heterocycles. The van der Waals surface area contributed by atoms with Gasteiger partial charge >= 0.3 is 5.97 Å². The third kappa shape index (κ3) is 3.51.